The second kappa shape index (κ2) is 6.11. The highest BCUT2D eigenvalue weighted by Crippen LogP contribution is 2.16. The van der Waals surface area contributed by atoms with Crippen LogP contribution in [-0.4, -0.2) is 23.4 Å². The maximum Gasteiger partial charge on any atom is 0.231 e. The minimum Gasteiger partial charge on any atom is -0.379 e. The molecule has 1 aromatic heterocycles. The van der Waals surface area contributed by atoms with E-state index in [0.29, 0.717) is 31.3 Å². The van der Waals surface area contributed by atoms with Gasteiger partial charge in [-0.05, 0) is 31.5 Å². The van der Waals surface area contributed by atoms with Crippen LogP contribution in [0.25, 0.3) is 0 Å². The van der Waals surface area contributed by atoms with Crippen LogP contribution in [0, 0.1) is 5.82 Å². The third-order valence-electron chi connectivity index (χ3n) is 2.83. The molecule has 0 bridgehead atoms. The van der Waals surface area contributed by atoms with E-state index in [9.17, 15) is 4.39 Å². The number of halogens is 1. The molecule has 1 atom stereocenters. The lowest BCUT2D eigenvalue weighted by Gasteiger charge is -2.19. The van der Waals surface area contributed by atoms with E-state index in [1.54, 1.807) is 19.1 Å². The summed E-state index contributed by atoms with van der Waals surface area (Å²) >= 11 is 0. The van der Waals surface area contributed by atoms with Crippen LogP contribution in [0.5, 0.6) is 0 Å². The van der Waals surface area contributed by atoms with Crippen molar-refractivity contribution in [2.45, 2.75) is 25.8 Å². The molecule has 6 heteroatoms. The van der Waals surface area contributed by atoms with E-state index in [2.05, 4.69) is 10.1 Å². The second-order valence-corrected chi connectivity index (χ2v) is 4.87. The number of nitrogens with zero attached hydrogens (tertiary/aromatic N) is 2. The van der Waals surface area contributed by atoms with Crippen LogP contribution in [0.2, 0.25) is 0 Å². The predicted molar refractivity (Wildman–Crippen MR) is 71.5 cm³/mol. The summed E-state index contributed by atoms with van der Waals surface area (Å²) in [4.78, 5) is 4.25. The zero-order valence-electron chi connectivity index (χ0n) is 11.6. The Balaban J connectivity index is 2.09. The Hall–Kier alpha value is -1.79. The highest BCUT2D eigenvalue weighted by Gasteiger charge is 2.27. The van der Waals surface area contributed by atoms with Gasteiger partial charge in [-0.2, -0.15) is 4.98 Å². The van der Waals surface area contributed by atoms with Crippen LogP contribution in [-0.2, 0) is 16.7 Å². The van der Waals surface area contributed by atoms with Gasteiger partial charge in [0, 0.05) is 6.61 Å². The van der Waals surface area contributed by atoms with Crippen molar-refractivity contribution < 1.29 is 13.7 Å². The first-order valence-electron chi connectivity index (χ1n) is 6.45. The van der Waals surface area contributed by atoms with E-state index < -0.39 is 5.54 Å². The van der Waals surface area contributed by atoms with Gasteiger partial charge in [0.05, 0.1) is 13.0 Å². The van der Waals surface area contributed by atoms with Crippen molar-refractivity contribution in [3.63, 3.8) is 0 Å². The topological polar surface area (TPSA) is 74.2 Å². The standard InChI is InChI=1S/C14H18FN3O2/c1-3-19-9-14(2,16)13-17-12(20-18-13)8-10-5-4-6-11(15)7-10/h4-7H,3,8-9,16H2,1-2H3. The molecule has 20 heavy (non-hydrogen) atoms. The first-order valence-corrected chi connectivity index (χ1v) is 6.45. The second-order valence-electron chi connectivity index (χ2n) is 4.87. The Labute approximate surface area is 116 Å². The summed E-state index contributed by atoms with van der Waals surface area (Å²) in [5.74, 6) is 0.498. The monoisotopic (exact) mass is 279 g/mol. The van der Waals surface area contributed by atoms with Gasteiger partial charge in [-0.15, -0.1) is 0 Å². The Morgan fingerprint density at radius 2 is 2.25 bits per heavy atom. The summed E-state index contributed by atoms with van der Waals surface area (Å²) in [5.41, 5.74) is 6.05. The van der Waals surface area contributed by atoms with Crippen molar-refractivity contribution in [1.82, 2.24) is 10.1 Å². The fraction of sp³-hybridized carbons (Fsp3) is 0.429. The van der Waals surface area contributed by atoms with Crippen molar-refractivity contribution in [1.29, 1.82) is 0 Å². The number of aromatic nitrogens is 2. The normalized spacial score (nSPS) is 14.2. The van der Waals surface area contributed by atoms with E-state index in [1.165, 1.54) is 12.1 Å². The van der Waals surface area contributed by atoms with Crippen LogP contribution in [0.4, 0.5) is 4.39 Å². The smallest absolute Gasteiger partial charge is 0.231 e. The van der Waals surface area contributed by atoms with E-state index in [4.69, 9.17) is 15.0 Å². The predicted octanol–water partition coefficient (Wildman–Crippen LogP) is 2.01. The molecule has 0 saturated carbocycles. The molecular formula is C14H18FN3O2. The van der Waals surface area contributed by atoms with Crippen LogP contribution >= 0.6 is 0 Å². The van der Waals surface area contributed by atoms with Gasteiger partial charge in [0.1, 0.15) is 11.4 Å². The molecule has 108 valence electrons. The summed E-state index contributed by atoms with van der Waals surface area (Å²) in [6, 6.07) is 6.27. The lowest BCUT2D eigenvalue weighted by molar-refractivity contribution is 0.0962. The zero-order chi connectivity index (χ0) is 14.6. The molecule has 2 rings (SSSR count). The van der Waals surface area contributed by atoms with Gasteiger partial charge in [0.15, 0.2) is 5.82 Å². The van der Waals surface area contributed by atoms with Gasteiger partial charge in [-0.25, -0.2) is 4.39 Å². The Kier molecular flexibility index (Phi) is 4.46. The van der Waals surface area contributed by atoms with Crippen molar-refractivity contribution in [2.24, 2.45) is 5.73 Å². The molecule has 1 aromatic carbocycles. The summed E-state index contributed by atoms with van der Waals surface area (Å²) in [6.07, 6.45) is 0.371. The maximum absolute atomic E-state index is 13.1. The third kappa shape index (κ3) is 3.61. The average molecular weight is 279 g/mol. The van der Waals surface area contributed by atoms with E-state index >= 15 is 0 Å². The van der Waals surface area contributed by atoms with Crippen molar-refractivity contribution in [3.05, 3.63) is 47.4 Å². The van der Waals surface area contributed by atoms with Gasteiger partial charge < -0.3 is 15.0 Å². The molecule has 2 aromatic rings. The number of rotatable bonds is 6. The molecule has 0 aliphatic carbocycles. The van der Waals surface area contributed by atoms with Crippen molar-refractivity contribution in [3.8, 4) is 0 Å². The fourth-order valence-electron chi connectivity index (χ4n) is 1.76. The van der Waals surface area contributed by atoms with Crippen LogP contribution in [0.15, 0.2) is 28.8 Å². The van der Waals surface area contributed by atoms with E-state index in [0.717, 1.165) is 5.56 Å². The first-order chi connectivity index (χ1) is 9.51. The molecule has 0 aliphatic heterocycles. The Bertz CT molecular complexity index is 569. The molecule has 1 heterocycles. The third-order valence-corrected chi connectivity index (χ3v) is 2.83. The lowest BCUT2D eigenvalue weighted by atomic mass is 10.1. The number of benzene rings is 1. The Morgan fingerprint density at radius 1 is 1.45 bits per heavy atom. The molecule has 5 nitrogen and oxygen atoms in total. The van der Waals surface area contributed by atoms with Crippen LogP contribution in [0.3, 0.4) is 0 Å². The van der Waals surface area contributed by atoms with Crippen molar-refractivity contribution >= 4 is 0 Å². The number of ether oxygens (including phenoxy) is 1. The molecule has 0 spiro atoms. The SMILES string of the molecule is CCOCC(C)(N)c1noc(Cc2cccc(F)c2)n1. The summed E-state index contributed by atoms with van der Waals surface area (Å²) in [7, 11) is 0. The quantitative estimate of drug-likeness (QED) is 0.875. The summed E-state index contributed by atoms with van der Waals surface area (Å²) < 4.78 is 23.6. The van der Waals surface area contributed by atoms with Gasteiger partial charge in [-0.3, -0.25) is 0 Å². The number of hydrogen-bond donors (Lipinski definition) is 1. The fourth-order valence-corrected chi connectivity index (χ4v) is 1.76. The molecule has 2 N–H and O–H groups in total. The molecule has 0 radical (unpaired) electrons. The number of hydrogen-bond acceptors (Lipinski definition) is 5. The molecule has 0 aliphatic rings. The summed E-state index contributed by atoms with van der Waals surface area (Å²) in [5, 5.41) is 3.87. The highest BCUT2D eigenvalue weighted by atomic mass is 19.1. The largest absolute Gasteiger partial charge is 0.379 e. The molecular weight excluding hydrogens is 261 g/mol. The first kappa shape index (κ1) is 14.6. The van der Waals surface area contributed by atoms with Crippen molar-refractivity contribution in [2.75, 3.05) is 13.2 Å². The van der Waals surface area contributed by atoms with Gasteiger partial charge >= 0.3 is 0 Å². The van der Waals surface area contributed by atoms with E-state index in [1.807, 2.05) is 6.92 Å². The molecule has 1 unspecified atom stereocenters. The lowest BCUT2D eigenvalue weighted by Crippen LogP contribution is -2.39. The Morgan fingerprint density at radius 3 is 2.95 bits per heavy atom. The summed E-state index contributed by atoms with van der Waals surface area (Å²) in [6.45, 7) is 4.55. The van der Waals surface area contributed by atoms with Crippen LogP contribution < -0.4 is 5.73 Å². The average Bonchev–Trinajstić information content (AvgIpc) is 2.86. The minimum absolute atomic E-state index is 0.290. The number of nitrogens with two attached hydrogens (primary N) is 1. The van der Waals surface area contributed by atoms with Gasteiger partial charge in [0.2, 0.25) is 5.89 Å². The minimum atomic E-state index is -0.806. The molecule has 0 saturated heterocycles. The zero-order valence-corrected chi connectivity index (χ0v) is 11.6. The van der Waals surface area contributed by atoms with Gasteiger partial charge in [-0.1, -0.05) is 17.3 Å². The van der Waals surface area contributed by atoms with Gasteiger partial charge in [0.25, 0.3) is 0 Å². The van der Waals surface area contributed by atoms with E-state index in [-0.39, 0.29) is 5.82 Å². The molecule has 0 fully saturated rings. The van der Waals surface area contributed by atoms with Crippen LogP contribution in [0.1, 0.15) is 31.1 Å². The maximum atomic E-state index is 13.1. The molecule has 0 amide bonds. The highest BCUT2D eigenvalue weighted by molar-refractivity contribution is 5.19.